The van der Waals surface area contributed by atoms with E-state index in [1.54, 1.807) is 18.3 Å². The van der Waals surface area contributed by atoms with E-state index in [0.29, 0.717) is 16.8 Å². The van der Waals surface area contributed by atoms with E-state index in [-0.39, 0.29) is 5.91 Å². The second-order valence-electron chi connectivity index (χ2n) is 4.92. The van der Waals surface area contributed by atoms with E-state index in [1.165, 1.54) is 19.4 Å². The molecule has 2 fully saturated rings. The maximum Gasteiger partial charge on any atom is 0.257 e. The van der Waals surface area contributed by atoms with Crippen LogP contribution in [0.2, 0.25) is 5.15 Å². The summed E-state index contributed by atoms with van der Waals surface area (Å²) in [6, 6.07) is 4.04. The van der Waals surface area contributed by atoms with Crippen molar-refractivity contribution in [3.05, 3.63) is 29.0 Å². The number of pyridine rings is 1. The van der Waals surface area contributed by atoms with Gasteiger partial charge in [0.05, 0.1) is 5.56 Å². The lowest BCUT2D eigenvalue weighted by Crippen LogP contribution is -2.52. The van der Waals surface area contributed by atoms with Crippen molar-refractivity contribution in [3.63, 3.8) is 0 Å². The van der Waals surface area contributed by atoms with Crippen molar-refractivity contribution in [2.45, 2.75) is 18.9 Å². The average Bonchev–Trinajstić information content (AvgIpc) is 2.85. The van der Waals surface area contributed by atoms with Gasteiger partial charge in [-0.25, -0.2) is 4.98 Å². The van der Waals surface area contributed by atoms with Gasteiger partial charge in [-0.3, -0.25) is 9.69 Å². The summed E-state index contributed by atoms with van der Waals surface area (Å²) in [5, 5.41) is 0.302. The first-order chi connectivity index (χ1) is 8.75. The quantitative estimate of drug-likeness (QED) is 0.725. The van der Waals surface area contributed by atoms with Gasteiger partial charge in [0.15, 0.2) is 0 Å². The Hall–Kier alpha value is -1.13. The molecule has 0 spiro atoms. The van der Waals surface area contributed by atoms with E-state index >= 15 is 0 Å². The monoisotopic (exact) mass is 265 g/mol. The third kappa shape index (κ3) is 2.10. The molecule has 0 N–H and O–H groups in total. The van der Waals surface area contributed by atoms with Crippen LogP contribution in [0.3, 0.4) is 0 Å². The molecule has 18 heavy (non-hydrogen) atoms. The van der Waals surface area contributed by atoms with Crippen LogP contribution in [0, 0.1) is 0 Å². The largest absolute Gasteiger partial charge is 0.336 e. The van der Waals surface area contributed by atoms with Crippen molar-refractivity contribution < 1.29 is 4.79 Å². The van der Waals surface area contributed by atoms with Crippen molar-refractivity contribution in [2.24, 2.45) is 0 Å². The molecule has 1 aromatic heterocycles. The van der Waals surface area contributed by atoms with Gasteiger partial charge >= 0.3 is 0 Å². The van der Waals surface area contributed by atoms with Gasteiger partial charge in [-0.05, 0) is 31.5 Å². The van der Waals surface area contributed by atoms with Crippen LogP contribution in [0.5, 0.6) is 0 Å². The predicted molar refractivity (Wildman–Crippen MR) is 69.7 cm³/mol. The second-order valence-corrected chi connectivity index (χ2v) is 5.28. The summed E-state index contributed by atoms with van der Waals surface area (Å²) in [6.07, 6.45) is 4.05. The van der Waals surface area contributed by atoms with Gasteiger partial charge in [0.25, 0.3) is 5.91 Å². The Morgan fingerprint density at radius 1 is 1.39 bits per heavy atom. The first-order valence-corrected chi connectivity index (χ1v) is 6.77. The van der Waals surface area contributed by atoms with Crippen LogP contribution >= 0.6 is 11.6 Å². The molecule has 1 atom stereocenters. The Labute approximate surface area is 112 Å². The standard InChI is InChI=1S/C13H16ClN3O/c14-12-11(4-1-5-15-12)13(18)17-8-7-16-6-2-3-10(16)9-17/h1,4-5,10H,2-3,6-9H2. The number of carbonyl (C=O) groups excluding carboxylic acids is 1. The first kappa shape index (κ1) is 11.9. The molecule has 1 amide bonds. The number of carbonyl (C=O) groups is 1. The molecule has 3 heterocycles. The van der Waals surface area contributed by atoms with Crippen molar-refractivity contribution >= 4 is 17.5 Å². The Morgan fingerprint density at radius 2 is 2.28 bits per heavy atom. The molecule has 2 saturated heterocycles. The van der Waals surface area contributed by atoms with Crippen LogP contribution in [-0.4, -0.2) is 52.9 Å². The maximum absolute atomic E-state index is 12.4. The number of nitrogens with zero attached hydrogens (tertiary/aromatic N) is 3. The molecule has 0 bridgehead atoms. The molecule has 1 aromatic rings. The Kier molecular flexibility index (Phi) is 3.22. The normalized spacial score (nSPS) is 24.1. The summed E-state index contributed by atoms with van der Waals surface area (Å²) >= 11 is 5.98. The average molecular weight is 266 g/mol. The molecule has 2 aliphatic rings. The Bertz CT molecular complexity index is 465. The number of hydrogen-bond donors (Lipinski definition) is 0. The molecule has 3 rings (SSSR count). The summed E-state index contributed by atoms with van der Waals surface area (Å²) in [4.78, 5) is 20.8. The van der Waals surface area contributed by atoms with E-state index in [1.807, 2.05) is 4.90 Å². The molecule has 0 aromatic carbocycles. The predicted octanol–water partition coefficient (Wildman–Crippen LogP) is 1.66. The van der Waals surface area contributed by atoms with E-state index in [9.17, 15) is 4.79 Å². The summed E-state index contributed by atoms with van der Waals surface area (Å²) in [7, 11) is 0. The number of hydrogen-bond acceptors (Lipinski definition) is 3. The fourth-order valence-corrected chi connectivity index (χ4v) is 3.09. The minimum absolute atomic E-state index is 0.0136. The fraction of sp³-hybridized carbons (Fsp3) is 0.538. The van der Waals surface area contributed by atoms with Gasteiger partial charge in [0, 0.05) is 31.9 Å². The smallest absolute Gasteiger partial charge is 0.257 e. The highest BCUT2D eigenvalue weighted by atomic mass is 35.5. The van der Waals surface area contributed by atoms with Gasteiger partial charge in [0.1, 0.15) is 5.15 Å². The highest BCUT2D eigenvalue weighted by molar-refractivity contribution is 6.32. The topological polar surface area (TPSA) is 36.4 Å². The van der Waals surface area contributed by atoms with E-state index < -0.39 is 0 Å². The van der Waals surface area contributed by atoms with Crippen LogP contribution < -0.4 is 0 Å². The van der Waals surface area contributed by atoms with Crippen molar-refractivity contribution in [1.29, 1.82) is 0 Å². The zero-order chi connectivity index (χ0) is 12.5. The summed E-state index contributed by atoms with van der Waals surface area (Å²) < 4.78 is 0. The van der Waals surface area contributed by atoms with Crippen molar-refractivity contribution in [1.82, 2.24) is 14.8 Å². The minimum atomic E-state index is 0.0136. The lowest BCUT2D eigenvalue weighted by molar-refractivity contribution is 0.0571. The van der Waals surface area contributed by atoms with Gasteiger partial charge in [-0.2, -0.15) is 0 Å². The summed E-state index contributed by atoms with van der Waals surface area (Å²) in [6.45, 7) is 3.78. The van der Waals surface area contributed by atoms with E-state index in [0.717, 1.165) is 19.6 Å². The van der Waals surface area contributed by atoms with Crippen LogP contribution in [0.1, 0.15) is 23.2 Å². The second kappa shape index (κ2) is 4.86. The van der Waals surface area contributed by atoms with E-state index in [2.05, 4.69) is 9.88 Å². The summed E-state index contributed by atoms with van der Waals surface area (Å²) in [5.41, 5.74) is 0.519. The Morgan fingerprint density at radius 3 is 3.11 bits per heavy atom. The molecule has 0 saturated carbocycles. The molecule has 0 aliphatic carbocycles. The van der Waals surface area contributed by atoms with Crippen LogP contribution in [0.15, 0.2) is 18.3 Å². The van der Waals surface area contributed by atoms with Gasteiger partial charge in [0.2, 0.25) is 0 Å². The highest BCUT2D eigenvalue weighted by Gasteiger charge is 2.33. The number of halogens is 1. The zero-order valence-corrected chi connectivity index (χ0v) is 10.9. The molecule has 1 unspecified atom stereocenters. The molecule has 4 nitrogen and oxygen atoms in total. The third-order valence-electron chi connectivity index (χ3n) is 3.86. The lowest BCUT2D eigenvalue weighted by Gasteiger charge is -2.37. The zero-order valence-electron chi connectivity index (χ0n) is 10.2. The van der Waals surface area contributed by atoms with Gasteiger partial charge < -0.3 is 4.90 Å². The summed E-state index contributed by atoms with van der Waals surface area (Å²) in [5.74, 6) is 0.0136. The molecule has 96 valence electrons. The molecular weight excluding hydrogens is 250 g/mol. The SMILES string of the molecule is O=C(c1cccnc1Cl)N1CCN2CCCC2C1. The lowest BCUT2D eigenvalue weighted by atomic mass is 10.1. The molecule has 0 radical (unpaired) electrons. The fourth-order valence-electron chi connectivity index (χ4n) is 2.89. The number of fused-ring (bicyclic) bond motifs is 1. The number of piperazine rings is 1. The highest BCUT2D eigenvalue weighted by Crippen LogP contribution is 2.23. The van der Waals surface area contributed by atoms with Gasteiger partial charge in [-0.15, -0.1) is 0 Å². The molecule has 2 aliphatic heterocycles. The number of rotatable bonds is 1. The minimum Gasteiger partial charge on any atom is -0.336 e. The van der Waals surface area contributed by atoms with E-state index in [4.69, 9.17) is 11.6 Å². The molecular formula is C13H16ClN3O. The Balaban J connectivity index is 1.75. The number of amides is 1. The van der Waals surface area contributed by atoms with Crippen LogP contribution in [-0.2, 0) is 0 Å². The van der Waals surface area contributed by atoms with Crippen molar-refractivity contribution in [3.8, 4) is 0 Å². The third-order valence-corrected chi connectivity index (χ3v) is 4.17. The molecule has 5 heteroatoms. The number of aromatic nitrogens is 1. The maximum atomic E-state index is 12.4. The van der Waals surface area contributed by atoms with Crippen LogP contribution in [0.4, 0.5) is 0 Å². The van der Waals surface area contributed by atoms with Crippen LogP contribution in [0.25, 0.3) is 0 Å². The van der Waals surface area contributed by atoms with Gasteiger partial charge in [-0.1, -0.05) is 11.6 Å². The first-order valence-electron chi connectivity index (χ1n) is 6.39. The van der Waals surface area contributed by atoms with Crippen molar-refractivity contribution in [2.75, 3.05) is 26.2 Å².